The number of halogens is 1. The number of nitrogens with zero attached hydrogens (tertiary/aromatic N) is 1. The summed E-state index contributed by atoms with van der Waals surface area (Å²) in [7, 11) is 0. The van der Waals surface area contributed by atoms with Crippen molar-refractivity contribution in [3.63, 3.8) is 0 Å². The van der Waals surface area contributed by atoms with E-state index in [1.165, 1.54) is 0 Å². The molecule has 0 aromatic heterocycles. The van der Waals surface area contributed by atoms with Crippen molar-refractivity contribution in [1.29, 1.82) is 5.26 Å². The van der Waals surface area contributed by atoms with Crippen LogP contribution in [0.1, 0.15) is 27.2 Å². The van der Waals surface area contributed by atoms with E-state index in [2.05, 4.69) is 35.8 Å². The van der Waals surface area contributed by atoms with Crippen molar-refractivity contribution < 1.29 is 0 Å². The van der Waals surface area contributed by atoms with Crippen LogP contribution in [0, 0.1) is 17.2 Å². The highest BCUT2D eigenvalue weighted by atomic mass is 79.9. The molecule has 0 aromatic carbocycles. The Hall–Kier alpha value is -0.0300. The van der Waals surface area contributed by atoms with Crippen LogP contribution in [0.3, 0.4) is 0 Å². The molecule has 0 fully saturated rings. The second kappa shape index (κ2) is 3.22. The molecule has 0 radical (unpaired) electrons. The molecule has 0 heterocycles. The average molecular weight is 190 g/mol. The molecule has 0 aliphatic rings. The second-order valence-electron chi connectivity index (χ2n) is 2.50. The van der Waals surface area contributed by atoms with Crippen molar-refractivity contribution >= 4 is 15.9 Å². The Kier molecular flexibility index (Phi) is 3.21. The van der Waals surface area contributed by atoms with Gasteiger partial charge in [0.15, 0.2) is 0 Å². The quantitative estimate of drug-likeness (QED) is 0.614. The van der Waals surface area contributed by atoms with Gasteiger partial charge in [-0.05, 0) is 12.8 Å². The van der Waals surface area contributed by atoms with Crippen LogP contribution in [0.5, 0.6) is 0 Å². The smallest absolute Gasteiger partial charge is 0.112 e. The van der Waals surface area contributed by atoms with E-state index in [0.29, 0.717) is 5.92 Å². The fourth-order valence-electron chi connectivity index (χ4n) is 0.494. The van der Waals surface area contributed by atoms with Crippen molar-refractivity contribution in [3.8, 4) is 6.07 Å². The maximum atomic E-state index is 8.60. The van der Waals surface area contributed by atoms with E-state index in [1.807, 2.05) is 6.92 Å². The minimum atomic E-state index is -0.332. The van der Waals surface area contributed by atoms with Gasteiger partial charge < -0.3 is 0 Å². The highest BCUT2D eigenvalue weighted by Gasteiger charge is 2.25. The van der Waals surface area contributed by atoms with Crippen LogP contribution >= 0.6 is 15.9 Å². The summed E-state index contributed by atoms with van der Waals surface area (Å²) in [6, 6.07) is 2.21. The molecule has 2 unspecified atom stereocenters. The fourth-order valence-corrected chi connectivity index (χ4v) is 0.817. The summed E-state index contributed by atoms with van der Waals surface area (Å²) in [6.07, 6.45) is 1.04. The van der Waals surface area contributed by atoms with Crippen molar-refractivity contribution in [2.45, 2.75) is 31.5 Å². The van der Waals surface area contributed by atoms with Crippen molar-refractivity contribution in [2.24, 2.45) is 5.92 Å². The number of hydrogen-bond acceptors (Lipinski definition) is 1. The molecule has 9 heavy (non-hydrogen) atoms. The summed E-state index contributed by atoms with van der Waals surface area (Å²) < 4.78 is -0.332. The lowest BCUT2D eigenvalue weighted by molar-refractivity contribution is 0.499. The van der Waals surface area contributed by atoms with E-state index in [0.717, 1.165) is 6.42 Å². The lowest BCUT2D eigenvalue weighted by Crippen LogP contribution is -2.22. The molecule has 0 saturated carbocycles. The third-order valence-corrected chi connectivity index (χ3v) is 2.72. The Bertz CT molecular complexity index is 123. The molecule has 0 aliphatic carbocycles. The number of nitriles is 1. The minimum absolute atomic E-state index is 0.332. The first-order chi connectivity index (χ1) is 4.04. The topological polar surface area (TPSA) is 23.8 Å². The van der Waals surface area contributed by atoms with E-state index >= 15 is 0 Å². The van der Waals surface area contributed by atoms with Gasteiger partial charge in [-0.25, -0.2) is 0 Å². The third-order valence-electron chi connectivity index (χ3n) is 1.76. The number of alkyl halides is 1. The molecular formula is C7H12BrN. The molecule has 0 aliphatic heterocycles. The molecular weight excluding hydrogens is 178 g/mol. The Labute approximate surface area is 65.2 Å². The normalized spacial score (nSPS) is 19.9. The highest BCUT2D eigenvalue weighted by molar-refractivity contribution is 9.10. The van der Waals surface area contributed by atoms with Crippen LogP contribution < -0.4 is 0 Å². The van der Waals surface area contributed by atoms with Crippen LogP contribution in [0.15, 0.2) is 0 Å². The fraction of sp³-hybridized carbons (Fsp3) is 0.857. The monoisotopic (exact) mass is 189 g/mol. The zero-order valence-electron chi connectivity index (χ0n) is 6.11. The first-order valence-corrected chi connectivity index (χ1v) is 3.94. The first-order valence-electron chi connectivity index (χ1n) is 3.14. The Morgan fingerprint density at radius 2 is 2.22 bits per heavy atom. The predicted molar refractivity (Wildman–Crippen MR) is 42.4 cm³/mol. The third kappa shape index (κ3) is 2.36. The zero-order valence-corrected chi connectivity index (χ0v) is 7.70. The summed E-state index contributed by atoms with van der Waals surface area (Å²) in [5, 5.41) is 8.60. The summed E-state index contributed by atoms with van der Waals surface area (Å²) in [6.45, 7) is 6.06. The van der Waals surface area contributed by atoms with Crippen LogP contribution in [-0.2, 0) is 0 Å². The lowest BCUT2D eigenvalue weighted by atomic mass is 9.95. The molecule has 52 valence electrons. The largest absolute Gasteiger partial charge is 0.197 e. The predicted octanol–water partition coefficient (Wildman–Crippen LogP) is 2.71. The Balaban J connectivity index is 4.01. The van der Waals surface area contributed by atoms with Gasteiger partial charge in [0, 0.05) is 0 Å². The molecule has 2 heteroatoms. The summed E-state index contributed by atoms with van der Waals surface area (Å²) in [5.41, 5.74) is 0. The van der Waals surface area contributed by atoms with E-state index in [9.17, 15) is 0 Å². The first kappa shape index (κ1) is 8.97. The van der Waals surface area contributed by atoms with E-state index in [-0.39, 0.29) is 4.32 Å². The molecule has 0 amide bonds. The molecule has 0 aromatic rings. The second-order valence-corrected chi connectivity index (χ2v) is 4.14. The minimum Gasteiger partial charge on any atom is -0.197 e. The highest BCUT2D eigenvalue weighted by Crippen LogP contribution is 2.28. The Morgan fingerprint density at radius 1 is 1.78 bits per heavy atom. The van der Waals surface area contributed by atoms with Gasteiger partial charge in [-0.2, -0.15) is 5.26 Å². The van der Waals surface area contributed by atoms with Gasteiger partial charge >= 0.3 is 0 Å². The molecule has 0 bridgehead atoms. The van der Waals surface area contributed by atoms with Crippen LogP contribution in [0.4, 0.5) is 0 Å². The molecule has 0 rings (SSSR count). The van der Waals surface area contributed by atoms with Crippen molar-refractivity contribution in [3.05, 3.63) is 0 Å². The molecule has 2 atom stereocenters. The molecule has 0 N–H and O–H groups in total. The van der Waals surface area contributed by atoms with Gasteiger partial charge in [0.2, 0.25) is 0 Å². The molecule has 1 nitrogen and oxygen atoms in total. The van der Waals surface area contributed by atoms with E-state index < -0.39 is 0 Å². The standard InChI is InChI=1S/C7H12BrN/c1-4-6(2)7(3,8)5-9/h6H,4H2,1-3H3. The average Bonchev–Trinajstić information content (AvgIpc) is 1.86. The van der Waals surface area contributed by atoms with Crippen LogP contribution in [0.2, 0.25) is 0 Å². The molecule has 0 spiro atoms. The summed E-state index contributed by atoms with van der Waals surface area (Å²) in [4.78, 5) is 0. The maximum Gasteiger partial charge on any atom is 0.112 e. The van der Waals surface area contributed by atoms with Gasteiger partial charge in [-0.3, -0.25) is 0 Å². The van der Waals surface area contributed by atoms with Gasteiger partial charge in [0.25, 0.3) is 0 Å². The molecule has 0 saturated heterocycles. The zero-order chi connectivity index (χ0) is 7.49. The van der Waals surface area contributed by atoms with Gasteiger partial charge in [0.05, 0.1) is 6.07 Å². The van der Waals surface area contributed by atoms with Crippen molar-refractivity contribution in [2.75, 3.05) is 0 Å². The van der Waals surface area contributed by atoms with Crippen molar-refractivity contribution in [1.82, 2.24) is 0 Å². The van der Waals surface area contributed by atoms with Gasteiger partial charge in [-0.15, -0.1) is 0 Å². The van der Waals surface area contributed by atoms with E-state index in [4.69, 9.17) is 5.26 Å². The van der Waals surface area contributed by atoms with Gasteiger partial charge in [-0.1, -0.05) is 36.2 Å². The SMILES string of the molecule is CCC(C)C(C)(Br)C#N. The summed E-state index contributed by atoms with van der Waals surface area (Å²) in [5.74, 6) is 0.419. The van der Waals surface area contributed by atoms with E-state index in [1.54, 1.807) is 0 Å². The maximum absolute atomic E-state index is 8.60. The van der Waals surface area contributed by atoms with Crippen LogP contribution in [0.25, 0.3) is 0 Å². The van der Waals surface area contributed by atoms with Crippen LogP contribution in [-0.4, -0.2) is 4.32 Å². The van der Waals surface area contributed by atoms with Gasteiger partial charge in [0.1, 0.15) is 4.32 Å². The number of rotatable bonds is 2. The lowest BCUT2D eigenvalue weighted by Gasteiger charge is -2.19. The Morgan fingerprint density at radius 3 is 2.33 bits per heavy atom. The number of hydrogen-bond donors (Lipinski definition) is 0. The summed E-state index contributed by atoms with van der Waals surface area (Å²) >= 11 is 3.35.